The zero-order valence-electron chi connectivity index (χ0n) is 35.5. The van der Waals surface area contributed by atoms with E-state index in [9.17, 15) is 0 Å². The van der Waals surface area contributed by atoms with Crippen LogP contribution in [0.5, 0.6) is 0 Å². The Morgan fingerprint density at radius 3 is 1.27 bits per heavy atom. The highest BCUT2D eigenvalue weighted by molar-refractivity contribution is 6.01. The summed E-state index contributed by atoms with van der Waals surface area (Å²) in [5.41, 5.74) is 26.6. The van der Waals surface area contributed by atoms with Gasteiger partial charge in [0.2, 0.25) is 0 Å². The van der Waals surface area contributed by atoms with E-state index < -0.39 is 5.41 Å². The molecule has 0 aromatic heterocycles. The summed E-state index contributed by atoms with van der Waals surface area (Å²) in [7, 11) is 0. The number of hydrogen-bond acceptors (Lipinski definition) is 1. The monoisotopic (exact) mass is 791 g/mol. The van der Waals surface area contributed by atoms with Crippen LogP contribution in [0.2, 0.25) is 0 Å². The lowest BCUT2D eigenvalue weighted by Gasteiger charge is -2.36. The predicted octanol–water partition coefficient (Wildman–Crippen LogP) is 15.8. The number of benzene rings is 9. The topological polar surface area (TPSA) is 3.24 Å². The summed E-state index contributed by atoms with van der Waals surface area (Å²) in [6.07, 6.45) is 0. The maximum atomic E-state index is 2.60. The second-order valence-corrected chi connectivity index (χ2v) is 18.8. The predicted molar refractivity (Wildman–Crippen MR) is 258 cm³/mol. The highest BCUT2D eigenvalue weighted by atomic mass is 15.1. The smallest absolute Gasteiger partial charge is 0.0746 e. The summed E-state index contributed by atoms with van der Waals surface area (Å²) >= 11 is 0. The average molecular weight is 792 g/mol. The molecule has 0 unspecified atom stereocenters. The molecule has 0 heterocycles. The van der Waals surface area contributed by atoms with Crippen LogP contribution in [0.1, 0.15) is 72.2 Å². The molecule has 0 atom stereocenters. The number of nitrogens with zero attached hydrogens (tertiary/aromatic N) is 1. The molecule has 1 spiro atoms. The van der Waals surface area contributed by atoms with Crippen LogP contribution in [0, 0.1) is 0 Å². The molecule has 0 radical (unpaired) electrons. The first-order valence-electron chi connectivity index (χ1n) is 22.1. The molecule has 0 bridgehead atoms. The molecule has 0 saturated carbocycles. The fourth-order valence-electron chi connectivity index (χ4n) is 12.3. The molecular formula is C61H45N. The highest BCUT2D eigenvalue weighted by Crippen LogP contribution is 2.66. The first kappa shape index (κ1) is 35.5. The molecule has 0 saturated heterocycles. The highest BCUT2D eigenvalue weighted by Gasteiger charge is 2.53. The van der Waals surface area contributed by atoms with Gasteiger partial charge in [-0.3, -0.25) is 0 Å². The molecule has 13 rings (SSSR count). The van der Waals surface area contributed by atoms with E-state index in [1.165, 1.54) is 117 Å². The van der Waals surface area contributed by atoms with Crippen molar-refractivity contribution in [1.82, 2.24) is 0 Å². The Hall–Kier alpha value is -7.22. The quantitative estimate of drug-likeness (QED) is 0.172. The van der Waals surface area contributed by atoms with Crippen molar-refractivity contribution in [2.45, 2.75) is 43.9 Å². The zero-order valence-corrected chi connectivity index (χ0v) is 35.5. The molecule has 4 aliphatic carbocycles. The van der Waals surface area contributed by atoms with Gasteiger partial charge in [-0.15, -0.1) is 0 Å². The minimum absolute atomic E-state index is 0.150. The first-order chi connectivity index (χ1) is 30.3. The van der Waals surface area contributed by atoms with Gasteiger partial charge in [0, 0.05) is 27.8 Å². The van der Waals surface area contributed by atoms with Crippen LogP contribution in [0.3, 0.4) is 0 Å². The molecular weight excluding hydrogens is 747 g/mol. The summed E-state index contributed by atoms with van der Waals surface area (Å²) < 4.78 is 0. The lowest BCUT2D eigenvalue weighted by atomic mass is 9.69. The van der Waals surface area contributed by atoms with Crippen molar-refractivity contribution >= 4 is 17.1 Å². The van der Waals surface area contributed by atoms with Gasteiger partial charge in [-0.05, 0) is 131 Å². The molecule has 0 amide bonds. The summed E-state index contributed by atoms with van der Waals surface area (Å²) in [6.45, 7) is 9.57. The Balaban J connectivity index is 1.13. The third kappa shape index (κ3) is 4.48. The average Bonchev–Trinajstić information content (AvgIpc) is 3.94. The Bertz CT molecular complexity index is 3210. The van der Waals surface area contributed by atoms with E-state index in [0.717, 1.165) is 0 Å². The summed E-state index contributed by atoms with van der Waals surface area (Å²) in [6, 6.07) is 76.0. The van der Waals surface area contributed by atoms with E-state index in [4.69, 9.17) is 0 Å². The van der Waals surface area contributed by atoms with Crippen molar-refractivity contribution in [3.05, 3.63) is 245 Å². The molecule has 9 aromatic rings. The van der Waals surface area contributed by atoms with Crippen molar-refractivity contribution < 1.29 is 0 Å². The van der Waals surface area contributed by atoms with Gasteiger partial charge < -0.3 is 4.90 Å². The first-order valence-corrected chi connectivity index (χ1v) is 22.1. The van der Waals surface area contributed by atoms with E-state index in [-0.39, 0.29) is 10.8 Å². The minimum atomic E-state index is -0.541. The summed E-state index contributed by atoms with van der Waals surface area (Å²) in [4.78, 5) is 2.60. The van der Waals surface area contributed by atoms with E-state index in [0.29, 0.717) is 0 Å². The largest absolute Gasteiger partial charge is 0.310 e. The molecule has 0 fully saturated rings. The van der Waals surface area contributed by atoms with Crippen LogP contribution in [0.25, 0.3) is 55.6 Å². The molecule has 294 valence electrons. The standard InChI is InChI=1S/C61H45N/c1-59(2)50-24-12-8-19-42(50)46-32-30-40(36-55(46)59)62(41-31-33-47-43-20-9-13-25-51(43)60(3,4)56(47)37-41)57-28-16-23-48-49-35-39(38-17-6-5-7-18-38)29-34-54(49)61(58(48)57)52-26-14-10-21-44(52)45-22-11-15-27-53(45)61/h5-37H,1-4H3. The molecule has 1 heteroatoms. The molecule has 0 aliphatic heterocycles. The lowest BCUT2D eigenvalue weighted by Crippen LogP contribution is -2.28. The van der Waals surface area contributed by atoms with Crippen LogP contribution < -0.4 is 4.90 Å². The fraction of sp³-hybridized carbons (Fsp3) is 0.115. The van der Waals surface area contributed by atoms with Crippen molar-refractivity contribution in [2.75, 3.05) is 4.90 Å². The van der Waals surface area contributed by atoms with Gasteiger partial charge >= 0.3 is 0 Å². The van der Waals surface area contributed by atoms with Crippen molar-refractivity contribution in [3.63, 3.8) is 0 Å². The number of fused-ring (bicyclic) bond motifs is 16. The van der Waals surface area contributed by atoms with Gasteiger partial charge in [0.25, 0.3) is 0 Å². The van der Waals surface area contributed by atoms with Gasteiger partial charge in [-0.1, -0.05) is 191 Å². The zero-order chi connectivity index (χ0) is 41.5. The number of anilines is 3. The van der Waals surface area contributed by atoms with Gasteiger partial charge in [-0.25, -0.2) is 0 Å². The van der Waals surface area contributed by atoms with Crippen LogP contribution in [-0.2, 0) is 16.2 Å². The van der Waals surface area contributed by atoms with Gasteiger partial charge in [0.15, 0.2) is 0 Å². The van der Waals surface area contributed by atoms with Crippen LogP contribution in [0.15, 0.2) is 200 Å². The van der Waals surface area contributed by atoms with Crippen molar-refractivity contribution in [2.24, 2.45) is 0 Å². The van der Waals surface area contributed by atoms with Crippen molar-refractivity contribution in [3.8, 4) is 55.6 Å². The Kier molecular flexibility index (Phi) is 7.12. The van der Waals surface area contributed by atoms with E-state index in [1.54, 1.807) is 0 Å². The normalized spacial score (nSPS) is 15.5. The third-order valence-electron chi connectivity index (χ3n) is 15.1. The molecule has 62 heavy (non-hydrogen) atoms. The Morgan fingerprint density at radius 2 is 0.726 bits per heavy atom. The van der Waals surface area contributed by atoms with E-state index in [2.05, 4.69) is 233 Å². The summed E-state index contributed by atoms with van der Waals surface area (Å²) in [5.74, 6) is 0. The Labute approximate surface area is 364 Å². The maximum absolute atomic E-state index is 2.60. The second-order valence-electron chi connectivity index (χ2n) is 18.8. The fourth-order valence-corrected chi connectivity index (χ4v) is 12.3. The van der Waals surface area contributed by atoms with Crippen LogP contribution in [0.4, 0.5) is 17.1 Å². The van der Waals surface area contributed by atoms with Gasteiger partial charge in [-0.2, -0.15) is 0 Å². The third-order valence-corrected chi connectivity index (χ3v) is 15.1. The molecule has 9 aromatic carbocycles. The van der Waals surface area contributed by atoms with Gasteiger partial charge in [0.1, 0.15) is 0 Å². The lowest BCUT2D eigenvalue weighted by molar-refractivity contribution is 0.660. The SMILES string of the molecule is CC1(C)c2ccccc2-c2ccc(N(c3ccc4c(c3)C(C)(C)c3ccccc3-4)c3cccc4c3C3(c5ccccc5-c5ccccc53)c3ccc(-c5ccccc5)cc3-4)cc21. The van der Waals surface area contributed by atoms with Crippen LogP contribution >= 0.6 is 0 Å². The molecule has 0 N–H and O–H groups in total. The number of hydrogen-bond donors (Lipinski definition) is 0. The summed E-state index contributed by atoms with van der Waals surface area (Å²) in [5, 5.41) is 0. The Morgan fingerprint density at radius 1 is 0.290 bits per heavy atom. The van der Waals surface area contributed by atoms with Crippen LogP contribution in [-0.4, -0.2) is 0 Å². The second kappa shape index (κ2) is 12.4. The molecule has 4 aliphatic rings. The minimum Gasteiger partial charge on any atom is -0.310 e. The maximum Gasteiger partial charge on any atom is 0.0746 e. The van der Waals surface area contributed by atoms with Crippen molar-refractivity contribution in [1.29, 1.82) is 0 Å². The van der Waals surface area contributed by atoms with E-state index >= 15 is 0 Å². The number of rotatable bonds is 4. The van der Waals surface area contributed by atoms with Gasteiger partial charge in [0.05, 0.1) is 11.1 Å². The molecule has 1 nitrogen and oxygen atoms in total. The van der Waals surface area contributed by atoms with E-state index in [1.807, 2.05) is 0 Å².